The van der Waals surface area contributed by atoms with E-state index in [1.54, 1.807) is 12.1 Å². The summed E-state index contributed by atoms with van der Waals surface area (Å²) in [6.45, 7) is 5.25. The number of hydrogen-bond donors (Lipinski definition) is 2. The van der Waals surface area contributed by atoms with Crippen LogP contribution in [0.1, 0.15) is 30.6 Å². The van der Waals surface area contributed by atoms with Crippen molar-refractivity contribution >= 4 is 28.9 Å². The molecule has 1 saturated carbocycles. The van der Waals surface area contributed by atoms with Gasteiger partial charge in [-0.05, 0) is 29.9 Å². The number of rotatable bonds is 4. The molecule has 1 aliphatic carbocycles. The molecule has 0 aliphatic heterocycles. The van der Waals surface area contributed by atoms with E-state index in [2.05, 4.69) is 19.2 Å². The van der Waals surface area contributed by atoms with Crippen molar-refractivity contribution in [2.24, 2.45) is 11.3 Å². The topological polar surface area (TPSA) is 64.3 Å². The second-order valence-electron chi connectivity index (χ2n) is 5.69. The Balaban J connectivity index is 2.20. The number of methoxy groups -OCH3 is 1. The number of benzene rings is 1. The van der Waals surface area contributed by atoms with Gasteiger partial charge in [0.2, 0.25) is 0 Å². The zero-order valence-corrected chi connectivity index (χ0v) is 12.2. The molecule has 4 nitrogen and oxygen atoms in total. The lowest BCUT2D eigenvalue weighted by Gasteiger charge is -2.14. The van der Waals surface area contributed by atoms with E-state index in [-0.39, 0.29) is 0 Å². The lowest BCUT2D eigenvalue weighted by Crippen LogP contribution is -2.13. The van der Waals surface area contributed by atoms with E-state index >= 15 is 0 Å². The maximum absolute atomic E-state index is 11.7. The molecule has 1 aromatic rings. The predicted octanol–water partition coefficient (Wildman–Crippen LogP) is 3.17. The van der Waals surface area contributed by atoms with Crippen molar-refractivity contribution in [2.75, 3.05) is 24.7 Å². The molecule has 104 valence electrons. The number of nitrogen functional groups attached to an aromatic ring is 1. The number of nitrogens with one attached hydrogen (secondary N) is 1. The first-order valence-corrected chi connectivity index (χ1v) is 6.64. The molecule has 1 aliphatic rings. The Morgan fingerprint density at radius 1 is 1.58 bits per heavy atom. The number of nitrogens with two attached hydrogens (primary N) is 1. The quantitative estimate of drug-likeness (QED) is 0.658. The van der Waals surface area contributed by atoms with Crippen LogP contribution in [0.25, 0.3) is 0 Å². The molecule has 0 radical (unpaired) electrons. The third kappa shape index (κ3) is 2.95. The highest BCUT2D eigenvalue weighted by Crippen LogP contribution is 2.51. The maximum atomic E-state index is 11.7. The van der Waals surface area contributed by atoms with Gasteiger partial charge in [0.25, 0.3) is 0 Å². The fraction of sp³-hybridized carbons (Fsp3) is 0.500. The summed E-state index contributed by atoms with van der Waals surface area (Å²) in [6.07, 6.45) is 1.18. The molecule has 0 saturated heterocycles. The zero-order chi connectivity index (χ0) is 14.2. The van der Waals surface area contributed by atoms with Gasteiger partial charge in [-0.3, -0.25) is 0 Å². The monoisotopic (exact) mass is 282 g/mol. The standard InChI is InChI=1S/C14H19ClN2O2/c1-14(2)6-8(14)7-17-12-10(13(18)19-3)4-9(16)5-11(12)15/h4-5,8,17H,6-7,16H2,1-3H3. The minimum atomic E-state index is -0.438. The molecule has 19 heavy (non-hydrogen) atoms. The van der Waals surface area contributed by atoms with Crippen molar-refractivity contribution in [1.82, 2.24) is 0 Å². The molecule has 0 spiro atoms. The number of carbonyl (C=O) groups is 1. The van der Waals surface area contributed by atoms with Gasteiger partial charge in [-0.25, -0.2) is 4.79 Å². The summed E-state index contributed by atoms with van der Waals surface area (Å²) in [5.41, 5.74) is 7.52. The highest BCUT2D eigenvalue weighted by molar-refractivity contribution is 6.34. The second kappa shape index (κ2) is 4.93. The Kier molecular flexibility index (Phi) is 3.63. The van der Waals surface area contributed by atoms with Crippen LogP contribution < -0.4 is 11.1 Å². The van der Waals surface area contributed by atoms with Crippen molar-refractivity contribution in [3.63, 3.8) is 0 Å². The highest BCUT2D eigenvalue weighted by atomic mass is 35.5. The van der Waals surface area contributed by atoms with Gasteiger partial charge in [-0.1, -0.05) is 25.4 Å². The fourth-order valence-corrected chi connectivity index (χ4v) is 2.52. The van der Waals surface area contributed by atoms with Crippen molar-refractivity contribution < 1.29 is 9.53 Å². The second-order valence-corrected chi connectivity index (χ2v) is 6.09. The molecule has 2 rings (SSSR count). The van der Waals surface area contributed by atoms with Crippen LogP contribution in [0.2, 0.25) is 5.02 Å². The van der Waals surface area contributed by atoms with Crippen LogP contribution >= 0.6 is 11.6 Å². The van der Waals surface area contributed by atoms with E-state index in [9.17, 15) is 4.79 Å². The summed E-state index contributed by atoms with van der Waals surface area (Å²) in [4.78, 5) is 11.7. The molecule has 3 N–H and O–H groups in total. The van der Waals surface area contributed by atoms with Crippen molar-refractivity contribution in [2.45, 2.75) is 20.3 Å². The van der Waals surface area contributed by atoms with Crippen LogP contribution in [0.3, 0.4) is 0 Å². The number of halogens is 1. The van der Waals surface area contributed by atoms with Gasteiger partial charge in [0, 0.05) is 12.2 Å². The SMILES string of the molecule is COC(=O)c1cc(N)cc(Cl)c1NCC1CC1(C)C. The lowest BCUT2D eigenvalue weighted by atomic mass is 10.1. The molecule has 1 aromatic carbocycles. The molecule has 1 fully saturated rings. The zero-order valence-electron chi connectivity index (χ0n) is 11.4. The van der Waals surface area contributed by atoms with Gasteiger partial charge in [0.1, 0.15) is 0 Å². The van der Waals surface area contributed by atoms with E-state index in [4.69, 9.17) is 22.1 Å². The van der Waals surface area contributed by atoms with Crippen LogP contribution in [-0.2, 0) is 4.74 Å². The lowest BCUT2D eigenvalue weighted by molar-refractivity contribution is 0.0602. The minimum absolute atomic E-state index is 0.374. The molecule has 0 aromatic heterocycles. The number of carbonyl (C=O) groups excluding carboxylic acids is 1. The first-order valence-electron chi connectivity index (χ1n) is 6.26. The number of ether oxygens (including phenoxy) is 1. The van der Waals surface area contributed by atoms with Crippen LogP contribution in [0, 0.1) is 11.3 Å². The van der Waals surface area contributed by atoms with Gasteiger partial charge in [-0.2, -0.15) is 0 Å². The Morgan fingerprint density at radius 2 is 2.21 bits per heavy atom. The van der Waals surface area contributed by atoms with E-state index in [1.165, 1.54) is 13.5 Å². The Hall–Kier alpha value is -1.42. The van der Waals surface area contributed by atoms with Gasteiger partial charge in [0.15, 0.2) is 0 Å². The maximum Gasteiger partial charge on any atom is 0.340 e. The summed E-state index contributed by atoms with van der Waals surface area (Å²) >= 11 is 6.16. The van der Waals surface area contributed by atoms with E-state index in [0.29, 0.717) is 33.3 Å². The predicted molar refractivity (Wildman–Crippen MR) is 77.6 cm³/mol. The molecule has 0 amide bonds. The van der Waals surface area contributed by atoms with E-state index in [0.717, 1.165) is 6.54 Å². The number of esters is 1. The third-order valence-corrected chi connectivity index (χ3v) is 4.06. The van der Waals surface area contributed by atoms with Gasteiger partial charge >= 0.3 is 5.97 Å². The average Bonchev–Trinajstić information content (AvgIpc) is 2.94. The first kappa shape index (κ1) is 14.0. The van der Waals surface area contributed by atoms with Crippen LogP contribution in [0.15, 0.2) is 12.1 Å². The van der Waals surface area contributed by atoms with Crippen LogP contribution in [-0.4, -0.2) is 19.6 Å². The molecule has 1 atom stereocenters. The van der Waals surface area contributed by atoms with Gasteiger partial charge in [-0.15, -0.1) is 0 Å². The normalized spacial score (nSPS) is 19.9. The molecule has 1 unspecified atom stereocenters. The highest BCUT2D eigenvalue weighted by Gasteiger charge is 2.45. The molecule has 5 heteroatoms. The average molecular weight is 283 g/mol. The van der Waals surface area contributed by atoms with Gasteiger partial charge in [0.05, 0.1) is 23.4 Å². The number of hydrogen-bond acceptors (Lipinski definition) is 4. The largest absolute Gasteiger partial charge is 0.465 e. The minimum Gasteiger partial charge on any atom is -0.465 e. The molecule has 0 heterocycles. The van der Waals surface area contributed by atoms with Crippen LogP contribution in [0.4, 0.5) is 11.4 Å². The Bertz CT molecular complexity index is 514. The fourth-order valence-electron chi connectivity index (χ4n) is 2.23. The molecular formula is C14H19ClN2O2. The molecule has 0 bridgehead atoms. The van der Waals surface area contributed by atoms with E-state index < -0.39 is 5.97 Å². The van der Waals surface area contributed by atoms with Crippen LogP contribution in [0.5, 0.6) is 0 Å². The smallest absolute Gasteiger partial charge is 0.340 e. The summed E-state index contributed by atoms with van der Waals surface area (Å²) in [5.74, 6) is 0.165. The first-order chi connectivity index (χ1) is 8.85. The number of anilines is 2. The summed E-state index contributed by atoms with van der Waals surface area (Å²) in [5, 5.41) is 3.70. The summed E-state index contributed by atoms with van der Waals surface area (Å²) < 4.78 is 4.76. The van der Waals surface area contributed by atoms with Crippen molar-refractivity contribution in [3.8, 4) is 0 Å². The summed E-state index contributed by atoms with van der Waals surface area (Å²) in [6, 6.07) is 3.21. The third-order valence-electron chi connectivity index (χ3n) is 3.76. The van der Waals surface area contributed by atoms with Crippen molar-refractivity contribution in [1.29, 1.82) is 0 Å². The molecular weight excluding hydrogens is 264 g/mol. The summed E-state index contributed by atoms with van der Waals surface area (Å²) in [7, 11) is 1.34. The van der Waals surface area contributed by atoms with E-state index in [1.807, 2.05) is 0 Å². The Labute approximate surface area is 118 Å². The Morgan fingerprint density at radius 3 is 2.74 bits per heavy atom. The van der Waals surface area contributed by atoms with Gasteiger partial charge < -0.3 is 15.8 Å². The van der Waals surface area contributed by atoms with Crippen molar-refractivity contribution in [3.05, 3.63) is 22.7 Å².